The number of aliphatic hydroxyl groups is 3. The van der Waals surface area contributed by atoms with Gasteiger partial charge in [0, 0.05) is 13.0 Å². The quantitative estimate of drug-likeness (QED) is 0.327. The van der Waals surface area contributed by atoms with Crippen LogP contribution in [0.1, 0.15) is 78.6 Å². The Bertz CT molecular complexity index is 896. The summed E-state index contributed by atoms with van der Waals surface area (Å²) in [4.78, 5) is 12.2. The van der Waals surface area contributed by atoms with Crippen molar-refractivity contribution in [3.63, 3.8) is 0 Å². The normalized spacial score (nSPS) is 46.3. The molecule has 8 nitrogen and oxygen atoms in total. The molecule has 4 aliphatic rings. The number of amides is 1. The predicted molar refractivity (Wildman–Crippen MR) is 132 cm³/mol. The highest BCUT2D eigenvalue weighted by atomic mass is 32.2. The number of hydrogen-bond acceptors (Lipinski definition) is 6. The van der Waals surface area contributed by atoms with Gasteiger partial charge in [-0.2, -0.15) is 8.42 Å². The second-order valence-corrected chi connectivity index (χ2v) is 14.2. The van der Waals surface area contributed by atoms with Gasteiger partial charge >= 0.3 is 0 Å². The van der Waals surface area contributed by atoms with Crippen LogP contribution in [-0.4, -0.2) is 64.8 Å². The van der Waals surface area contributed by atoms with E-state index in [1.165, 1.54) is 0 Å². The maximum absolute atomic E-state index is 12.2. The molecule has 0 aromatic heterocycles. The molecule has 0 radical (unpaired) electrons. The van der Waals surface area contributed by atoms with Crippen molar-refractivity contribution in [1.29, 1.82) is 0 Å². The van der Waals surface area contributed by atoms with Crippen LogP contribution in [0.2, 0.25) is 0 Å². The maximum Gasteiger partial charge on any atom is 0.266 e. The van der Waals surface area contributed by atoms with Crippen LogP contribution >= 0.6 is 0 Å². The van der Waals surface area contributed by atoms with Crippen molar-refractivity contribution < 1.29 is 33.1 Å². The van der Waals surface area contributed by atoms with Crippen LogP contribution in [0.4, 0.5) is 0 Å². The second kappa shape index (κ2) is 9.86. The van der Waals surface area contributed by atoms with Gasteiger partial charge in [0.1, 0.15) is 0 Å². The Balaban J connectivity index is 1.43. The van der Waals surface area contributed by atoms with Crippen LogP contribution in [0, 0.1) is 46.3 Å². The highest BCUT2D eigenvalue weighted by Gasteiger charge is 2.65. The lowest BCUT2D eigenvalue weighted by Gasteiger charge is -2.63. The molecule has 0 aliphatic heterocycles. The number of carbonyl (C=O) groups is 1. The number of carbonyl (C=O) groups excluding carboxylic acids is 1. The predicted octanol–water partition coefficient (Wildman–Crippen LogP) is 2.37. The van der Waals surface area contributed by atoms with E-state index in [1.807, 2.05) is 0 Å². The third kappa shape index (κ3) is 5.05. The standard InChI is InChI=1S/C26H45NO7S/c1-15(4-7-23(31)27-10-11-35(32,33)34)18-5-6-19-24-20(14-22(30)26(18,19)3)25(2)9-8-17(28)12-16(25)13-21(24)29/h15-22,24,28-30H,4-14H2,1-3H3,(H,27,31)(H,32,33,34)/t15-,16+,17-,18-,19+,20+,21-,22+,24-,25+,26-/m1/s1. The minimum atomic E-state index is -4.10. The highest BCUT2D eigenvalue weighted by Crippen LogP contribution is 2.68. The summed E-state index contributed by atoms with van der Waals surface area (Å²) < 4.78 is 30.5. The van der Waals surface area contributed by atoms with Gasteiger partial charge in [0.25, 0.3) is 10.1 Å². The van der Waals surface area contributed by atoms with Gasteiger partial charge in [0.15, 0.2) is 0 Å². The Morgan fingerprint density at radius 2 is 1.77 bits per heavy atom. The third-order valence-corrected chi connectivity index (χ3v) is 11.7. The Morgan fingerprint density at radius 3 is 2.46 bits per heavy atom. The number of rotatable bonds is 7. The third-order valence-electron chi connectivity index (χ3n) is 11.0. The van der Waals surface area contributed by atoms with Crippen LogP contribution in [0.3, 0.4) is 0 Å². The van der Waals surface area contributed by atoms with E-state index in [1.54, 1.807) is 0 Å². The first kappa shape index (κ1) is 27.3. The lowest BCUT2D eigenvalue weighted by atomic mass is 9.43. The second-order valence-electron chi connectivity index (χ2n) is 12.7. The molecule has 0 aromatic carbocycles. The van der Waals surface area contributed by atoms with Crippen LogP contribution in [0.15, 0.2) is 0 Å². The van der Waals surface area contributed by atoms with E-state index in [0.717, 1.165) is 38.5 Å². The Kier molecular flexibility index (Phi) is 7.69. The summed E-state index contributed by atoms with van der Waals surface area (Å²) in [6.45, 7) is 6.56. The fraction of sp³-hybridized carbons (Fsp3) is 0.962. The van der Waals surface area contributed by atoms with Gasteiger partial charge in [-0.25, -0.2) is 0 Å². The van der Waals surface area contributed by atoms with E-state index < -0.39 is 28.1 Å². The first-order valence-corrected chi connectivity index (χ1v) is 15.1. The molecule has 0 heterocycles. The average Bonchev–Trinajstić information content (AvgIpc) is 3.12. The Hall–Kier alpha value is -0.740. The summed E-state index contributed by atoms with van der Waals surface area (Å²) in [5.74, 6) is 0.705. The van der Waals surface area contributed by atoms with Gasteiger partial charge < -0.3 is 20.6 Å². The van der Waals surface area contributed by atoms with Gasteiger partial charge in [-0.1, -0.05) is 20.8 Å². The molecule has 0 unspecified atom stereocenters. The molecule has 9 heteroatoms. The summed E-state index contributed by atoms with van der Waals surface area (Å²) in [6.07, 6.45) is 5.67. The average molecular weight is 516 g/mol. The molecule has 202 valence electrons. The van der Waals surface area contributed by atoms with Crippen molar-refractivity contribution in [2.24, 2.45) is 46.3 Å². The lowest BCUT2D eigenvalue weighted by Crippen LogP contribution is -2.62. The monoisotopic (exact) mass is 515 g/mol. The smallest absolute Gasteiger partial charge is 0.266 e. The van der Waals surface area contributed by atoms with Crippen LogP contribution in [-0.2, 0) is 14.9 Å². The zero-order valence-corrected chi connectivity index (χ0v) is 22.2. The molecule has 0 saturated heterocycles. The van der Waals surface area contributed by atoms with Gasteiger partial charge in [-0.3, -0.25) is 9.35 Å². The molecule has 0 bridgehead atoms. The van der Waals surface area contributed by atoms with E-state index in [2.05, 4.69) is 26.1 Å². The van der Waals surface area contributed by atoms with Crippen molar-refractivity contribution in [1.82, 2.24) is 5.32 Å². The van der Waals surface area contributed by atoms with Gasteiger partial charge in [-0.15, -0.1) is 0 Å². The van der Waals surface area contributed by atoms with Crippen molar-refractivity contribution in [2.75, 3.05) is 12.3 Å². The number of nitrogens with one attached hydrogen (secondary N) is 1. The summed E-state index contributed by atoms with van der Waals surface area (Å²) in [5, 5.41) is 35.8. The summed E-state index contributed by atoms with van der Waals surface area (Å²) in [5.41, 5.74) is -0.254. The van der Waals surface area contributed by atoms with Crippen LogP contribution in [0.25, 0.3) is 0 Å². The van der Waals surface area contributed by atoms with Crippen molar-refractivity contribution in [2.45, 2.75) is 96.9 Å². The summed E-state index contributed by atoms with van der Waals surface area (Å²) in [7, 11) is -4.10. The molecule has 0 aromatic rings. The molecule has 4 rings (SSSR count). The molecule has 5 N–H and O–H groups in total. The number of hydrogen-bond donors (Lipinski definition) is 5. The van der Waals surface area contributed by atoms with Crippen molar-refractivity contribution >= 4 is 16.0 Å². The largest absolute Gasteiger partial charge is 0.393 e. The van der Waals surface area contributed by atoms with E-state index in [-0.39, 0.29) is 65.4 Å². The number of fused-ring (bicyclic) bond motifs is 5. The minimum absolute atomic E-state index is 0.0509. The topological polar surface area (TPSA) is 144 Å². The highest BCUT2D eigenvalue weighted by molar-refractivity contribution is 7.85. The molecule has 0 spiro atoms. The fourth-order valence-corrected chi connectivity index (χ4v) is 9.46. The van der Waals surface area contributed by atoms with Crippen LogP contribution in [0.5, 0.6) is 0 Å². The molecule has 1 amide bonds. The molecular weight excluding hydrogens is 470 g/mol. The van der Waals surface area contributed by atoms with Crippen molar-refractivity contribution in [3.05, 3.63) is 0 Å². The molecule has 4 fully saturated rings. The number of aliphatic hydroxyl groups excluding tert-OH is 3. The van der Waals surface area contributed by atoms with Gasteiger partial charge in [0.05, 0.1) is 24.1 Å². The molecule has 4 aliphatic carbocycles. The Labute approximate surface area is 210 Å². The van der Waals surface area contributed by atoms with Crippen LogP contribution < -0.4 is 5.32 Å². The Morgan fingerprint density at radius 1 is 1.06 bits per heavy atom. The SMILES string of the molecule is C[C@H](CCC(=O)NCCS(=O)(=O)O)[C@H]1CC[C@H]2[C@H]3[C@H](O)C[C@@H]4C[C@H](O)CC[C@]4(C)[C@H]3C[C@H](O)[C@]12C. The first-order valence-electron chi connectivity index (χ1n) is 13.5. The molecule has 4 saturated carbocycles. The van der Waals surface area contributed by atoms with E-state index in [4.69, 9.17) is 4.55 Å². The summed E-state index contributed by atoms with van der Waals surface area (Å²) >= 11 is 0. The molecular formula is C26H45NO7S. The van der Waals surface area contributed by atoms with Gasteiger partial charge in [0.2, 0.25) is 5.91 Å². The van der Waals surface area contributed by atoms with E-state index in [0.29, 0.717) is 18.8 Å². The first-order chi connectivity index (χ1) is 16.3. The minimum Gasteiger partial charge on any atom is -0.393 e. The van der Waals surface area contributed by atoms with Crippen molar-refractivity contribution in [3.8, 4) is 0 Å². The fourth-order valence-electron chi connectivity index (χ4n) is 9.10. The lowest BCUT2D eigenvalue weighted by molar-refractivity contribution is -0.207. The van der Waals surface area contributed by atoms with E-state index >= 15 is 0 Å². The van der Waals surface area contributed by atoms with E-state index in [9.17, 15) is 28.5 Å². The zero-order chi connectivity index (χ0) is 25.8. The zero-order valence-electron chi connectivity index (χ0n) is 21.4. The molecule has 11 atom stereocenters. The summed E-state index contributed by atoms with van der Waals surface area (Å²) in [6, 6.07) is 0. The van der Waals surface area contributed by atoms with Gasteiger partial charge in [-0.05, 0) is 97.7 Å². The molecule has 35 heavy (non-hydrogen) atoms. The maximum atomic E-state index is 12.2.